The van der Waals surface area contributed by atoms with E-state index in [0.717, 1.165) is 19.3 Å². The largest absolute Gasteiger partial charge is 0.352 e. The van der Waals surface area contributed by atoms with Crippen LogP contribution in [0.2, 0.25) is 0 Å². The Morgan fingerprint density at radius 3 is 2.42 bits per heavy atom. The standard InChI is InChI=1S/C17H11IN4O2/c1-21-16(23)14-15(20-17(21)24)22(11-8-6-10(18)7-9-11)13-5-3-2-4-12(13)19-14/h2-9H,1H3. The molecule has 2 heterocycles. The normalized spacial score (nSPS) is 11.2. The molecule has 7 heteroatoms. The number of rotatable bonds is 1. The van der Waals surface area contributed by atoms with Crippen molar-refractivity contribution in [1.29, 1.82) is 0 Å². The zero-order valence-corrected chi connectivity index (χ0v) is 14.8. The van der Waals surface area contributed by atoms with E-state index in [-0.39, 0.29) is 11.5 Å². The van der Waals surface area contributed by atoms with Crippen LogP contribution in [0.15, 0.2) is 58.1 Å². The molecule has 0 atom stereocenters. The van der Waals surface area contributed by atoms with Crippen LogP contribution in [0.5, 0.6) is 0 Å². The van der Waals surface area contributed by atoms with Crippen LogP contribution >= 0.6 is 22.6 Å². The maximum absolute atomic E-state index is 12.5. The summed E-state index contributed by atoms with van der Waals surface area (Å²) >= 11 is 2.23. The summed E-state index contributed by atoms with van der Waals surface area (Å²) in [5.74, 6) is 0.267. The molecular weight excluding hydrogens is 419 g/mol. The highest BCUT2D eigenvalue weighted by Gasteiger charge is 2.20. The molecule has 0 radical (unpaired) electrons. The molecule has 0 amide bonds. The van der Waals surface area contributed by atoms with Gasteiger partial charge in [0.25, 0.3) is 5.56 Å². The summed E-state index contributed by atoms with van der Waals surface area (Å²) in [5.41, 5.74) is 1.40. The van der Waals surface area contributed by atoms with Gasteiger partial charge in [-0.15, -0.1) is 0 Å². The molecule has 4 rings (SSSR count). The van der Waals surface area contributed by atoms with Gasteiger partial charge in [0.1, 0.15) is 0 Å². The number of fused-ring (bicyclic) bond motifs is 2. The predicted molar refractivity (Wildman–Crippen MR) is 99.7 cm³/mol. The number of hydrogen-bond acceptors (Lipinski definition) is 4. The molecule has 0 saturated carbocycles. The maximum atomic E-state index is 12.5. The molecule has 0 aliphatic carbocycles. The van der Waals surface area contributed by atoms with E-state index in [4.69, 9.17) is 0 Å². The molecule has 2 aliphatic rings. The zero-order valence-electron chi connectivity index (χ0n) is 12.6. The van der Waals surface area contributed by atoms with Crippen molar-refractivity contribution in [2.24, 2.45) is 7.05 Å². The lowest BCUT2D eigenvalue weighted by Gasteiger charge is -2.17. The summed E-state index contributed by atoms with van der Waals surface area (Å²) in [5, 5.41) is 0. The van der Waals surface area contributed by atoms with Gasteiger partial charge in [-0.1, -0.05) is 12.1 Å². The van der Waals surface area contributed by atoms with Gasteiger partial charge in [0.05, 0.1) is 11.0 Å². The van der Waals surface area contributed by atoms with E-state index in [9.17, 15) is 9.59 Å². The Labute approximate surface area is 149 Å². The predicted octanol–water partition coefficient (Wildman–Crippen LogP) is 2.19. The van der Waals surface area contributed by atoms with E-state index in [1.165, 1.54) is 7.05 Å². The Hall–Kier alpha value is -2.55. The van der Waals surface area contributed by atoms with Crippen molar-refractivity contribution in [1.82, 2.24) is 19.1 Å². The molecule has 24 heavy (non-hydrogen) atoms. The molecule has 0 aromatic heterocycles. The first-order chi connectivity index (χ1) is 11.6. The van der Waals surface area contributed by atoms with E-state index >= 15 is 0 Å². The molecule has 0 bridgehead atoms. The van der Waals surface area contributed by atoms with Gasteiger partial charge in [-0.05, 0) is 59.0 Å². The summed E-state index contributed by atoms with van der Waals surface area (Å²) in [4.78, 5) is 33.0. The fourth-order valence-electron chi connectivity index (χ4n) is 2.65. The molecule has 6 nitrogen and oxygen atoms in total. The Morgan fingerprint density at radius 1 is 0.958 bits per heavy atom. The molecule has 0 unspecified atom stereocenters. The minimum atomic E-state index is -0.594. The van der Waals surface area contributed by atoms with Gasteiger partial charge < -0.3 is 0 Å². The van der Waals surface area contributed by atoms with Gasteiger partial charge in [0, 0.05) is 16.3 Å². The number of benzene rings is 2. The molecule has 2 aromatic rings. The maximum Gasteiger partial charge on any atom is 0.352 e. The number of halogens is 1. The van der Waals surface area contributed by atoms with Crippen LogP contribution in [0.3, 0.4) is 0 Å². The molecular formula is C17H11IN4O2. The van der Waals surface area contributed by atoms with Crippen LogP contribution in [0, 0.1) is 3.57 Å². The number of para-hydroxylation sites is 2. The summed E-state index contributed by atoms with van der Waals surface area (Å²) in [6, 6.07) is 15.3. The van der Waals surface area contributed by atoms with Crippen LogP contribution < -0.4 is 11.2 Å². The van der Waals surface area contributed by atoms with Gasteiger partial charge in [-0.2, -0.15) is 4.98 Å². The molecule has 118 valence electrons. The van der Waals surface area contributed by atoms with Crippen LogP contribution in [-0.4, -0.2) is 19.1 Å². The van der Waals surface area contributed by atoms with Crippen molar-refractivity contribution in [3.63, 3.8) is 0 Å². The summed E-state index contributed by atoms with van der Waals surface area (Å²) < 4.78 is 3.87. The topological polar surface area (TPSA) is 69.8 Å². The highest BCUT2D eigenvalue weighted by molar-refractivity contribution is 14.1. The van der Waals surface area contributed by atoms with Gasteiger partial charge in [0.2, 0.25) is 0 Å². The zero-order chi connectivity index (χ0) is 16.8. The lowest BCUT2D eigenvalue weighted by Crippen LogP contribution is -2.36. The second kappa shape index (κ2) is 5.52. The van der Waals surface area contributed by atoms with E-state index in [1.807, 2.05) is 48.5 Å². The van der Waals surface area contributed by atoms with Crippen LogP contribution in [0.25, 0.3) is 28.2 Å². The van der Waals surface area contributed by atoms with Gasteiger partial charge >= 0.3 is 5.69 Å². The lowest BCUT2D eigenvalue weighted by atomic mass is 10.2. The van der Waals surface area contributed by atoms with Gasteiger partial charge in [-0.3, -0.25) is 13.9 Å². The third-order valence-electron chi connectivity index (χ3n) is 3.86. The van der Waals surface area contributed by atoms with Crippen molar-refractivity contribution in [3.05, 3.63) is 72.9 Å². The molecule has 0 saturated heterocycles. The SMILES string of the molecule is Cn1c(=O)nc2n(-c3ccc(I)cc3)c3ccccc3nc-2c1=O. The molecule has 2 aromatic carbocycles. The second-order valence-electron chi connectivity index (χ2n) is 5.34. The Bertz CT molecular complexity index is 1160. The third-order valence-corrected chi connectivity index (χ3v) is 4.58. The number of aromatic nitrogens is 4. The third kappa shape index (κ3) is 2.23. The fourth-order valence-corrected chi connectivity index (χ4v) is 3.01. The average Bonchev–Trinajstić information content (AvgIpc) is 2.59. The van der Waals surface area contributed by atoms with E-state index in [1.54, 1.807) is 4.57 Å². The quantitative estimate of drug-likeness (QED) is 0.343. The number of hydrogen-bond donors (Lipinski definition) is 0. The van der Waals surface area contributed by atoms with E-state index < -0.39 is 11.2 Å². The average molecular weight is 430 g/mol. The van der Waals surface area contributed by atoms with Crippen molar-refractivity contribution in [2.75, 3.05) is 0 Å². The van der Waals surface area contributed by atoms with Gasteiger partial charge in [0.15, 0.2) is 11.5 Å². The Morgan fingerprint density at radius 2 is 1.67 bits per heavy atom. The Balaban J connectivity index is 2.25. The fraction of sp³-hybridized carbons (Fsp3) is 0.0588. The minimum Gasteiger partial charge on any atom is -0.291 e. The first-order valence-electron chi connectivity index (χ1n) is 7.21. The monoisotopic (exact) mass is 430 g/mol. The van der Waals surface area contributed by atoms with Crippen molar-refractivity contribution >= 4 is 33.6 Å². The van der Waals surface area contributed by atoms with Crippen molar-refractivity contribution < 1.29 is 0 Å². The second-order valence-corrected chi connectivity index (χ2v) is 6.59. The molecule has 0 N–H and O–H groups in total. The highest BCUT2D eigenvalue weighted by atomic mass is 127. The smallest absolute Gasteiger partial charge is 0.291 e. The van der Waals surface area contributed by atoms with Gasteiger partial charge in [-0.25, -0.2) is 9.78 Å². The van der Waals surface area contributed by atoms with Crippen LogP contribution in [0.1, 0.15) is 0 Å². The molecule has 0 spiro atoms. The van der Waals surface area contributed by atoms with Crippen molar-refractivity contribution in [2.45, 2.75) is 0 Å². The first kappa shape index (κ1) is 15.0. The van der Waals surface area contributed by atoms with Crippen molar-refractivity contribution in [3.8, 4) is 17.2 Å². The van der Waals surface area contributed by atoms with E-state index in [2.05, 4.69) is 32.6 Å². The first-order valence-corrected chi connectivity index (χ1v) is 8.28. The highest BCUT2D eigenvalue weighted by Crippen LogP contribution is 2.25. The molecule has 0 fully saturated rings. The van der Waals surface area contributed by atoms with Crippen LogP contribution in [-0.2, 0) is 7.05 Å². The lowest BCUT2D eigenvalue weighted by molar-refractivity contribution is 0.759. The number of nitrogens with zero attached hydrogens (tertiary/aromatic N) is 4. The molecule has 2 aliphatic heterocycles. The Kier molecular flexibility index (Phi) is 3.45. The summed E-state index contributed by atoms with van der Waals surface area (Å²) in [6.45, 7) is 0. The van der Waals surface area contributed by atoms with Crippen LogP contribution in [0.4, 0.5) is 0 Å². The minimum absolute atomic E-state index is 0.175. The van der Waals surface area contributed by atoms with E-state index in [0.29, 0.717) is 5.52 Å². The summed E-state index contributed by atoms with van der Waals surface area (Å²) in [6.07, 6.45) is 0. The summed E-state index contributed by atoms with van der Waals surface area (Å²) in [7, 11) is 1.41.